The van der Waals surface area contributed by atoms with Crippen LogP contribution in [-0.4, -0.2) is 30.7 Å². The van der Waals surface area contributed by atoms with Gasteiger partial charge >= 0.3 is 0 Å². The molecule has 0 saturated carbocycles. The van der Waals surface area contributed by atoms with E-state index in [0.717, 1.165) is 34.0 Å². The summed E-state index contributed by atoms with van der Waals surface area (Å²) in [6, 6.07) is 7.88. The van der Waals surface area contributed by atoms with Crippen LogP contribution in [0.1, 0.15) is 19.8 Å². The van der Waals surface area contributed by atoms with E-state index >= 15 is 0 Å². The Morgan fingerprint density at radius 3 is 2.92 bits per heavy atom. The third kappa shape index (κ3) is 2.73. The van der Waals surface area contributed by atoms with Crippen molar-refractivity contribution < 1.29 is 4.79 Å². The lowest BCUT2D eigenvalue weighted by Gasteiger charge is -2.03. The van der Waals surface area contributed by atoms with Crippen LogP contribution in [0, 0.1) is 0 Å². The van der Waals surface area contributed by atoms with Crippen LogP contribution in [0.3, 0.4) is 0 Å². The summed E-state index contributed by atoms with van der Waals surface area (Å²) in [5, 5.41) is 13.2. The monoisotopic (exact) mass is 334 g/mol. The number of hydrogen-bond acceptors (Lipinski definition) is 5. The quantitative estimate of drug-likeness (QED) is 0.584. The number of hydrogen-bond donors (Lipinski definition) is 2. The number of fused-ring (bicyclic) bond motifs is 3. The van der Waals surface area contributed by atoms with E-state index in [4.69, 9.17) is 5.73 Å². The molecule has 0 aliphatic rings. The summed E-state index contributed by atoms with van der Waals surface area (Å²) < 4.78 is 1.66. The fraction of sp³-hybridized carbons (Fsp3) is 0.222. The Bertz CT molecular complexity index is 1060. The van der Waals surface area contributed by atoms with E-state index in [1.165, 1.54) is 0 Å². The van der Waals surface area contributed by atoms with E-state index < -0.39 is 0 Å². The maximum absolute atomic E-state index is 11.9. The normalized spacial score (nSPS) is 11.4. The second-order valence-corrected chi connectivity index (χ2v) is 6.08. The summed E-state index contributed by atoms with van der Waals surface area (Å²) in [6.45, 7) is 2.25. The number of nitrogen functional groups attached to an aromatic ring is 1. The molecule has 126 valence electrons. The summed E-state index contributed by atoms with van der Waals surface area (Å²) in [4.78, 5) is 16.4. The van der Waals surface area contributed by atoms with Gasteiger partial charge in [-0.15, -0.1) is 0 Å². The zero-order chi connectivity index (χ0) is 17.4. The number of rotatable bonds is 5. The van der Waals surface area contributed by atoms with Crippen molar-refractivity contribution in [3.63, 3.8) is 0 Å². The molecule has 0 fully saturated rings. The summed E-state index contributed by atoms with van der Waals surface area (Å²) in [7, 11) is 0. The Balaban J connectivity index is 1.82. The Morgan fingerprint density at radius 2 is 2.16 bits per heavy atom. The first-order valence-electron chi connectivity index (χ1n) is 8.23. The first kappa shape index (κ1) is 15.3. The molecule has 0 saturated heterocycles. The molecule has 3 N–H and O–H groups in total. The molecule has 7 heteroatoms. The van der Waals surface area contributed by atoms with Gasteiger partial charge in [-0.25, -0.2) is 4.98 Å². The molecule has 7 nitrogen and oxygen atoms in total. The number of aromatic nitrogens is 5. The average molecular weight is 334 g/mol. The molecule has 0 spiro atoms. The standard InChI is InChI=1S/C18H18N6O/c1-2-3-12(25)9-24-10-14-13-5-4-11(15-6-7-20-22-15)8-16(13)21-18(19)17(14)23-24/h4-8,10H,2-3,9H2,1H3,(H2,19,21)(H,20,22). The van der Waals surface area contributed by atoms with Crippen molar-refractivity contribution in [2.45, 2.75) is 26.3 Å². The Labute approximate surface area is 143 Å². The van der Waals surface area contributed by atoms with Crippen molar-refractivity contribution in [2.75, 3.05) is 5.73 Å². The first-order chi connectivity index (χ1) is 12.2. The fourth-order valence-corrected chi connectivity index (χ4v) is 3.05. The molecule has 0 bridgehead atoms. The number of nitrogens with two attached hydrogens (primary N) is 1. The molecule has 0 radical (unpaired) electrons. The van der Waals surface area contributed by atoms with E-state index in [1.54, 1.807) is 10.9 Å². The summed E-state index contributed by atoms with van der Waals surface area (Å²) in [6.07, 6.45) is 4.97. The van der Waals surface area contributed by atoms with E-state index in [1.807, 2.05) is 37.4 Å². The largest absolute Gasteiger partial charge is 0.382 e. The minimum atomic E-state index is 0.160. The van der Waals surface area contributed by atoms with Crippen LogP contribution in [0.5, 0.6) is 0 Å². The number of benzene rings is 1. The van der Waals surface area contributed by atoms with Gasteiger partial charge in [0.15, 0.2) is 11.6 Å². The first-order valence-corrected chi connectivity index (χ1v) is 8.23. The number of carbonyl (C=O) groups excluding carboxylic acids is 1. The van der Waals surface area contributed by atoms with Gasteiger partial charge in [-0.3, -0.25) is 14.6 Å². The van der Waals surface area contributed by atoms with Gasteiger partial charge in [0.2, 0.25) is 0 Å². The van der Waals surface area contributed by atoms with Crippen molar-refractivity contribution in [3.8, 4) is 11.3 Å². The zero-order valence-corrected chi connectivity index (χ0v) is 13.9. The van der Waals surface area contributed by atoms with E-state index in [-0.39, 0.29) is 12.3 Å². The van der Waals surface area contributed by atoms with Crippen LogP contribution in [0.25, 0.3) is 33.1 Å². The number of Topliss-reactive ketones (excluding diaryl/α,β-unsaturated/α-hetero) is 1. The number of nitrogens with zero attached hydrogens (tertiary/aromatic N) is 4. The lowest BCUT2D eigenvalue weighted by atomic mass is 10.1. The van der Waals surface area contributed by atoms with Gasteiger partial charge in [-0.1, -0.05) is 19.1 Å². The van der Waals surface area contributed by atoms with Gasteiger partial charge in [-0.2, -0.15) is 10.2 Å². The van der Waals surface area contributed by atoms with Crippen molar-refractivity contribution in [1.82, 2.24) is 25.0 Å². The fourth-order valence-electron chi connectivity index (χ4n) is 3.05. The number of anilines is 1. The highest BCUT2D eigenvalue weighted by atomic mass is 16.1. The van der Waals surface area contributed by atoms with Gasteiger partial charge in [0.1, 0.15) is 5.52 Å². The van der Waals surface area contributed by atoms with Crippen molar-refractivity contribution in [1.29, 1.82) is 0 Å². The van der Waals surface area contributed by atoms with Crippen LogP contribution in [0.2, 0.25) is 0 Å². The molecule has 25 heavy (non-hydrogen) atoms. The second kappa shape index (κ2) is 6.01. The molecule has 4 aromatic rings. The number of nitrogens with one attached hydrogen (secondary N) is 1. The Kier molecular flexibility index (Phi) is 3.68. The van der Waals surface area contributed by atoms with Gasteiger partial charge < -0.3 is 5.73 Å². The Hall–Kier alpha value is -3.22. The SMILES string of the molecule is CCCC(=O)Cn1cc2c(n1)c(N)nc1cc(-c3ccn[nH]3)ccc12. The van der Waals surface area contributed by atoms with Crippen molar-refractivity contribution >= 4 is 33.4 Å². The average Bonchev–Trinajstić information content (AvgIpc) is 3.24. The van der Waals surface area contributed by atoms with Crippen LogP contribution in [0.15, 0.2) is 36.7 Å². The number of H-pyrrole nitrogens is 1. The third-order valence-corrected chi connectivity index (χ3v) is 4.21. The van der Waals surface area contributed by atoms with Gasteiger partial charge in [0.05, 0.1) is 17.8 Å². The van der Waals surface area contributed by atoms with Crippen LogP contribution in [-0.2, 0) is 11.3 Å². The highest BCUT2D eigenvalue weighted by Gasteiger charge is 2.13. The number of aromatic amines is 1. The molecule has 0 amide bonds. The molecule has 3 aromatic heterocycles. The number of ketones is 1. The maximum atomic E-state index is 11.9. The maximum Gasteiger partial charge on any atom is 0.154 e. The third-order valence-electron chi connectivity index (χ3n) is 4.21. The van der Waals surface area contributed by atoms with Crippen LogP contribution < -0.4 is 5.73 Å². The predicted octanol–water partition coefficient (Wildman–Crippen LogP) is 2.93. The smallest absolute Gasteiger partial charge is 0.154 e. The van der Waals surface area contributed by atoms with E-state index in [0.29, 0.717) is 17.8 Å². The zero-order valence-electron chi connectivity index (χ0n) is 13.9. The molecule has 4 rings (SSSR count). The summed E-state index contributed by atoms with van der Waals surface area (Å²) in [5.41, 5.74) is 9.43. The van der Waals surface area contributed by atoms with Crippen LogP contribution in [0.4, 0.5) is 5.82 Å². The predicted molar refractivity (Wildman–Crippen MR) is 96.9 cm³/mol. The molecule has 0 unspecified atom stereocenters. The molecular weight excluding hydrogens is 316 g/mol. The topological polar surface area (TPSA) is 102 Å². The van der Waals surface area contributed by atoms with Gasteiger partial charge in [-0.05, 0) is 18.6 Å². The molecular formula is C18H18N6O. The van der Waals surface area contributed by atoms with E-state index in [2.05, 4.69) is 20.3 Å². The van der Waals surface area contributed by atoms with E-state index in [9.17, 15) is 4.79 Å². The lowest BCUT2D eigenvalue weighted by Crippen LogP contribution is -2.09. The van der Waals surface area contributed by atoms with Crippen molar-refractivity contribution in [2.24, 2.45) is 0 Å². The highest BCUT2D eigenvalue weighted by molar-refractivity contribution is 6.08. The molecule has 3 heterocycles. The van der Waals surface area contributed by atoms with Gasteiger partial charge in [0.25, 0.3) is 0 Å². The number of pyridine rings is 1. The Morgan fingerprint density at radius 1 is 1.28 bits per heavy atom. The lowest BCUT2D eigenvalue weighted by molar-refractivity contribution is -0.119. The second-order valence-electron chi connectivity index (χ2n) is 6.08. The van der Waals surface area contributed by atoms with Gasteiger partial charge in [0, 0.05) is 35.2 Å². The summed E-state index contributed by atoms with van der Waals surface area (Å²) >= 11 is 0. The van der Waals surface area contributed by atoms with Crippen LogP contribution >= 0.6 is 0 Å². The van der Waals surface area contributed by atoms with Crippen molar-refractivity contribution in [3.05, 3.63) is 36.7 Å². The molecule has 0 aliphatic heterocycles. The minimum absolute atomic E-state index is 0.160. The molecule has 0 aliphatic carbocycles. The summed E-state index contributed by atoms with van der Waals surface area (Å²) in [5.74, 6) is 0.527. The minimum Gasteiger partial charge on any atom is -0.382 e. The highest BCUT2D eigenvalue weighted by Crippen LogP contribution is 2.29. The molecule has 1 aromatic carbocycles. The molecule has 0 atom stereocenters. The number of carbonyl (C=O) groups is 1.